The lowest BCUT2D eigenvalue weighted by Crippen LogP contribution is -2.29. The molecule has 7 heteroatoms. The van der Waals surface area contributed by atoms with Gasteiger partial charge in [0.05, 0.1) is 5.71 Å². The molecule has 0 radical (unpaired) electrons. The van der Waals surface area contributed by atoms with Crippen LogP contribution in [-0.4, -0.2) is 26.1 Å². The van der Waals surface area contributed by atoms with E-state index in [-0.39, 0.29) is 22.2 Å². The molecule has 2 aromatic heterocycles. The fraction of sp³-hybridized carbons (Fsp3) is 0.450. The lowest BCUT2D eigenvalue weighted by atomic mass is 9.72. The molecule has 2 heterocycles. The maximum absolute atomic E-state index is 13.0. The van der Waals surface area contributed by atoms with Crippen LogP contribution in [-0.2, 0) is 4.79 Å². The van der Waals surface area contributed by atoms with Crippen molar-refractivity contribution >= 4 is 32.9 Å². The van der Waals surface area contributed by atoms with Crippen molar-refractivity contribution in [2.75, 3.05) is 0 Å². The van der Waals surface area contributed by atoms with Gasteiger partial charge in [0.25, 0.3) is 5.56 Å². The second-order valence-electron chi connectivity index (χ2n) is 8.80. The maximum Gasteiger partial charge on any atom is 0.275 e. The summed E-state index contributed by atoms with van der Waals surface area (Å²) in [5, 5.41) is 4.70. The zero-order chi connectivity index (χ0) is 20.1. The van der Waals surface area contributed by atoms with Crippen LogP contribution in [0.2, 0.25) is 0 Å². The van der Waals surface area contributed by atoms with Crippen LogP contribution in [0.15, 0.2) is 39.2 Å². The number of fused-ring (bicyclic) bond motifs is 1. The Bertz CT molecular complexity index is 1050. The highest BCUT2D eigenvalue weighted by atomic mass is 32.1. The van der Waals surface area contributed by atoms with E-state index in [0.29, 0.717) is 21.5 Å². The molecule has 0 saturated heterocycles. The molecule has 0 fully saturated rings. The van der Waals surface area contributed by atoms with Crippen molar-refractivity contribution in [1.82, 2.24) is 14.6 Å². The van der Waals surface area contributed by atoms with Gasteiger partial charge in [0.2, 0.25) is 10.1 Å². The Morgan fingerprint density at radius 2 is 1.56 bits per heavy atom. The SMILES string of the molecule is Cc1cc(=O)n2nc(N=C3C=C(C(C)(C)C)C(=O)C(C(C)(C)C)=C3)sc2n1. The number of rotatable bonds is 1. The van der Waals surface area contributed by atoms with E-state index < -0.39 is 0 Å². The first-order valence-electron chi connectivity index (χ1n) is 8.81. The van der Waals surface area contributed by atoms with Crippen LogP contribution >= 0.6 is 11.3 Å². The summed E-state index contributed by atoms with van der Waals surface area (Å²) in [5.41, 5.74) is 1.93. The molecular formula is C20H24N4O2S. The van der Waals surface area contributed by atoms with Crippen molar-refractivity contribution in [3.8, 4) is 0 Å². The Morgan fingerprint density at radius 3 is 2.07 bits per heavy atom. The first-order chi connectivity index (χ1) is 12.4. The fourth-order valence-electron chi connectivity index (χ4n) is 2.86. The molecule has 0 spiro atoms. The number of aromatic nitrogens is 3. The van der Waals surface area contributed by atoms with Gasteiger partial charge < -0.3 is 0 Å². The number of carbonyl (C=O) groups excluding carboxylic acids is 1. The Morgan fingerprint density at radius 1 is 1.00 bits per heavy atom. The second kappa shape index (κ2) is 6.34. The molecule has 0 aromatic carbocycles. The molecule has 0 N–H and O–H groups in total. The van der Waals surface area contributed by atoms with E-state index in [1.807, 2.05) is 53.7 Å². The Balaban J connectivity index is 2.17. The summed E-state index contributed by atoms with van der Waals surface area (Å²) >= 11 is 1.25. The van der Waals surface area contributed by atoms with Gasteiger partial charge in [-0.05, 0) is 29.9 Å². The zero-order valence-electron chi connectivity index (χ0n) is 16.7. The van der Waals surface area contributed by atoms with Gasteiger partial charge in [-0.25, -0.2) is 9.98 Å². The van der Waals surface area contributed by atoms with Crippen molar-refractivity contribution in [2.45, 2.75) is 48.5 Å². The maximum atomic E-state index is 13.0. The summed E-state index contributed by atoms with van der Waals surface area (Å²) in [6.45, 7) is 13.9. The van der Waals surface area contributed by atoms with Crippen molar-refractivity contribution in [3.05, 3.63) is 45.4 Å². The van der Waals surface area contributed by atoms with Crippen LogP contribution in [0, 0.1) is 17.8 Å². The zero-order valence-corrected chi connectivity index (χ0v) is 17.6. The van der Waals surface area contributed by atoms with Gasteiger partial charge in [-0.15, -0.1) is 5.10 Å². The van der Waals surface area contributed by atoms with Crippen LogP contribution in [0.4, 0.5) is 5.13 Å². The van der Waals surface area contributed by atoms with Gasteiger partial charge in [-0.2, -0.15) is 4.52 Å². The summed E-state index contributed by atoms with van der Waals surface area (Å²) in [6.07, 6.45) is 3.65. The molecule has 0 saturated carbocycles. The predicted octanol–water partition coefficient (Wildman–Crippen LogP) is 4.06. The van der Waals surface area contributed by atoms with Crippen LogP contribution in [0.3, 0.4) is 0 Å². The van der Waals surface area contributed by atoms with E-state index in [1.54, 1.807) is 6.92 Å². The molecule has 0 unspecified atom stereocenters. The molecule has 1 aliphatic rings. The van der Waals surface area contributed by atoms with Crippen molar-refractivity contribution in [1.29, 1.82) is 0 Å². The van der Waals surface area contributed by atoms with Crippen LogP contribution < -0.4 is 5.56 Å². The first kappa shape index (κ1) is 19.4. The minimum Gasteiger partial charge on any atom is -0.289 e. The van der Waals surface area contributed by atoms with Gasteiger partial charge in [0.15, 0.2) is 5.78 Å². The largest absolute Gasteiger partial charge is 0.289 e. The van der Waals surface area contributed by atoms with E-state index >= 15 is 0 Å². The van der Waals surface area contributed by atoms with Gasteiger partial charge in [-0.3, -0.25) is 9.59 Å². The number of hydrogen-bond acceptors (Lipinski definition) is 6. The third kappa shape index (κ3) is 3.83. The van der Waals surface area contributed by atoms with E-state index in [0.717, 1.165) is 11.1 Å². The monoisotopic (exact) mass is 384 g/mol. The molecule has 0 aliphatic heterocycles. The van der Waals surface area contributed by atoms with Crippen molar-refractivity contribution in [3.63, 3.8) is 0 Å². The van der Waals surface area contributed by atoms with Crippen LogP contribution in [0.1, 0.15) is 47.2 Å². The molecule has 0 bridgehead atoms. The standard InChI is InChI=1S/C20H24N4O2S/c1-11-8-15(25)24-18(21-11)27-17(23-24)22-12-9-13(19(2,3)4)16(26)14(10-12)20(5,6)7/h8-10H,1-7H3. The predicted molar refractivity (Wildman–Crippen MR) is 109 cm³/mol. The number of ketones is 1. The Labute approximate surface area is 162 Å². The number of Topliss-reactive ketones (excluding diaryl/α,β-unsaturated/α-hetero) is 1. The first-order valence-corrected chi connectivity index (χ1v) is 9.63. The number of carbonyl (C=O) groups is 1. The fourth-order valence-corrected chi connectivity index (χ4v) is 3.70. The number of allylic oxidation sites excluding steroid dienone is 4. The average Bonchev–Trinajstić information content (AvgIpc) is 2.89. The molecule has 1 aliphatic carbocycles. The van der Waals surface area contributed by atoms with Gasteiger partial charge in [-0.1, -0.05) is 52.9 Å². The number of nitrogens with zero attached hydrogens (tertiary/aromatic N) is 4. The molecule has 3 rings (SSSR count). The summed E-state index contributed by atoms with van der Waals surface area (Å²) in [5.74, 6) is 0.0618. The van der Waals surface area contributed by atoms with Gasteiger partial charge in [0.1, 0.15) is 0 Å². The van der Waals surface area contributed by atoms with E-state index in [9.17, 15) is 9.59 Å². The topological polar surface area (TPSA) is 76.7 Å². The van der Waals surface area contributed by atoms with E-state index in [2.05, 4.69) is 15.1 Å². The van der Waals surface area contributed by atoms with E-state index in [1.165, 1.54) is 21.9 Å². The third-order valence-electron chi connectivity index (χ3n) is 4.28. The molecule has 0 atom stereocenters. The summed E-state index contributed by atoms with van der Waals surface area (Å²) < 4.78 is 1.26. The molecule has 142 valence electrons. The average molecular weight is 385 g/mol. The highest BCUT2D eigenvalue weighted by Gasteiger charge is 2.34. The molecule has 0 amide bonds. The summed E-state index contributed by atoms with van der Waals surface area (Å²) in [7, 11) is 0. The number of aryl methyl sites for hydroxylation is 1. The highest BCUT2D eigenvalue weighted by molar-refractivity contribution is 7.20. The minimum atomic E-state index is -0.300. The van der Waals surface area contributed by atoms with Gasteiger partial charge in [0, 0.05) is 22.9 Å². The third-order valence-corrected chi connectivity index (χ3v) is 5.08. The normalized spacial score (nSPS) is 15.8. The minimum absolute atomic E-state index is 0.0618. The lowest BCUT2D eigenvalue weighted by Gasteiger charge is -2.30. The number of aliphatic imine (C=N–C) groups is 1. The Kier molecular flexibility index (Phi) is 4.54. The molecule has 6 nitrogen and oxygen atoms in total. The lowest BCUT2D eigenvalue weighted by molar-refractivity contribution is -0.114. The second-order valence-corrected chi connectivity index (χ2v) is 9.73. The molecule has 27 heavy (non-hydrogen) atoms. The molecular weight excluding hydrogens is 360 g/mol. The molecule has 2 aromatic rings. The highest BCUT2D eigenvalue weighted by Crippen LogP contribution is 2.37. The van der Waals surface area contributed by atoms with Crippen molar-refractivity contribution in [2.24, 2.45) is 15.8 Å². The van der Waals surface area contributed by atoms with Crippen LogP contribution in [0.5, 0.6) is 0 Å². The quantitative estimate of drug-likeness (QED) is 0.695. The number of hydrogen-bond donors (Lipinski definition) is 0. The summed E-state index contributed by atoms with van der Waals surface area (Å²) in [6, 6.07) is 1.44. The van der Waals surface area contributed by atoms with Crippen LogP contribution in [0.25, 0.3) is 4.96 Å². The smallest absolute Gasteiger partial charge is 0.275 e. The van der Waals surface area contributed by atoms with E-state index in [4.69, 9.17) is 0 Å². The Hall–Kier alpha value is -2.41. The van der Waals surface area contributed by atoms with Gasteiger partial charge >= 0.3 is 0 Å². The van der Waals surface area contributed by atoms with Crippen molar-refractivity contribution < 1.29 is 4.79 Å². The summed E-state index contributed by atoms with van der Waals surface area (Å²) in [4.78, 5) is 34.5.